The van der Waals surface area contributed by atoms with Crippen LogP contribution in [0.25, 0.3) is 0 Å². The second-order valence-corrected chi connectivity index (χ2v) is 11.2. The number of nitrogens with one attached hydrogen (secondary N) is 1. The molecule has 2 N–H and O–H groups in total. The number of aromatic amines is 1. The van der Waals surface area contributed by atoms with Gasteiger partial charge in [-0.3, -0.25) is 24.1 Å². The number of benzene rings is 1. The summed E-state index contributed by atoms with van der Waals surface area (Å²) < 4.78 is 0. The van der Waals surface area contributed by atoms with Crippen LogP contribution >= 0.6 is 23.1 Å². The van der Waals surface area contributed by atoms with Crippen molar-refractivity contribution in [3.8, 4) is 0 Å². The van der Waals surface area contributed by atoms with E-state index < -0.39 is 24.3 Å². The van der Waals surface area contributed by atoms with Gasteiger partial charge in [0.1, 0.15) is 6.54 Å². The molecule has 7 atom stereocenters. The van der Waals surface area contributed by atoms with Crippen molar-refractivity contribution in [2.24, 2.45) is 29.6 Å². The number of thiazole rings is 1. The highest BCUT2D eigenvalue weighted by atomic mass is 32.2. The Morgan fingerprint density at radius 1 is 1.16 bits per heavy atom. The number of imide groups is 1. The molecule has 2 saturated carbocycles. The Bertz CT molecular complexity index is 1200. The van der Waals surface area contributed by atoms with E-state index in [1.807, 2.05) is 12.1 Å². The summed E-state index contributed by atoms with van der Waals surface area (Å²) in [6, 6.07) is 8.16. The number of hydrogen-bond acceptors (Lipinski definition) is 6. The zero-order chi connectivity index (χ0) is 21.6. The standard InChI is InChI=1S/C22H20N2O5S2/c1-8-4-2-3-5-9(8)13-14-10-6-11(17(14)30-19-18(13)31-22(29)23-19)16-15(10)20(27)24(21(16)28)7-12(25)26/h2-5,10-11,13-17H,6-7H2,1H3,(H,23,29)(H,25,26)/t10?,11?,13-,14?,15?,16?,17?/m1/s1. The van der Waals surface area contributed by atoms with Gasteiger partial charge in [-0.1, -0.05) is 35.6 Å². The number of carboxylic acid groups (broad SMARTS) is 1. The quantitative estimate of drug-likeness (QED) is 0.687. The van der Waals surface area contributed by atoms with Crippen LogP contribution in [0.4, 0.5) is 0 Å². The number of carbonyl (C=O) groups is 3. The number of fused-ring (bicyclic) bond motifs is 9. The number of carboxylic acids is 1. The molecule has 3 fully saturated rings. The van der Waals surface area contributed by atoms with E-state index in [0.29, 0.717) is 0 Å². The number of likely N-dealkylation sites (tertiary alicyclic amines) is 1. The number of aryl methyl sites for hydroxylation is 1. The highest BCUT2D eigenvalue weighted by molar-refractivity contribution is 8.00. The average molecular weight is 457 g/mol. The van der Waals surface area contributed by atoms with Gasteiger partial charge in [-0.15, -0.1) is 11.8 Å². The number of carbonyl (C=O) groups excluding carboxylic acids is 2. The van der Waals surface area contributed by atoms with E-state index in [2.05, 4.69) is 24.0 Å². The highest BCUT2D eigenvalue weighted by Crippen LogP contribution is 2.68. The molecule has 0 radical (unpaired) electrons. The van der Waals surface area contributed by atoms with Crippen molar-refractivity contribution in [2.45, 2.75) is 29.5 Å². The van der Waals surface area contributed by atoms with Gasteiger partial charge in [0.2, 0.25) is 11.8 Å². The maximum Gasteiger partial charge on any atom is 0.323 e. The minimum atomic E-state index is -1.17. The van der Waals surface area contributed by atoms with Gasteiger partial charge >= 0.3 is 10.8 Å². The molecule has 6 unspecified atom stereocenters. The van der Waals surface area contributed by atoms with Crippen LogP contribution in [0.2, 0.25) is 0 Å². The number of hydrogen-bond donors (Lipinski definition) is 2. The van der Waals surface area contributed by atoms with Crippen molar-refractivity contribution in [3.63, 3.8) is 0 Å². The third-order valence-electron chi connectivity index (χ3n) is 7.63. The molecule has 9 heteroatoms. The largest absolute Gasteiger partial charge is 0.480 e. The van der Waals surface area contributed by atoms with E-state index in [4.69, 9.17) is 0 Å². The second kappa shape index (κ2) is 6.56. The van der Waals surface area contributed by atoms with Crippen LogP contribution in [0.1, 0.15) is 28.3 Å². The van der Waals surface area contributed by atoms with Gasteiger partial charge in [0, 0.05) is 16.0 Å². The summed E-state index contributed by atoms with van der Waals surface area (Å²) in [5, 5.41) is 10.2. The summed E-state index contributed by atoms with van der Waals surface area (Å²) in [6.45, 7) is 1.50. The van der Waals surface area contributed by atoms with Gasteiger partial charge in [0.25, 0.3) is 0 Å². The minimum absolute atomic E-state index is 0.00113. The van der Waals surface area contributed by atoms with Crippen molar-refractivity contribution in [1.82, 2.24) is 9.88 Å². The molecule has 2 amide bonds. The summed E-state index contributed by atoms with van der Waals surface area (Å²) in [5.41, 5.74) is 2.31. The Morgan fingerprint density at radius 3 is 2.58 bits per heavy atom. The third-order valence-corrected chi connectivity index (χ3v) is 10.2. The normalized spacial score (nSPS) is 35.3. The second-order valence-electron chi connectivity index (χ2n) is 8.97. The van der Waals surface area contributed by atoms with Crippen LogP contribution < -0.4 is 4.87 Å². The van der Waals surface area contributed by atoms with E-state index in [9.17, 15) is 24.3 Å². The third kappa shape index (κ3) is 2.53. The molecule has 1 aromatic heterocycles. The highest BCUT2D eigenvalue weighted by Gasteiger charge is 2.69. The van der Waals surface area contributed by atoms with E-state index in [1.54, 1.807) is 11.8 Å². The fraction of sp³-hybridized carbons (Fsp3) is 0.455. The fourth-order valence-electron chi connectivity index (χ4n) is 6.65. The van der Waals surface area contributed by atoms with E-state index in [-0.39, 0.29) is 45.6 Å². The Labute approximate surface area is 185 Å². The van der Waals surface area contributed by atoms with E-state index >= 15 is 0 Å². The molecule has 6 rings (SSSR count). The number of aromatic nitrogens is 1. The number of rotatable bonds is 3. The molecule has 31 heavy (non-hydrogen) atoms. The summed E-state index contributed by atoms with van der Waals surface area (Å²) in [5.74, 6) is -2.54. The van der Waals surface area contributed by atoms with Crippen molar-refractivity contribution in [3.05, 3.63) is 49.9 Å². The molecule has 3 heterocycles. The van der Waals surface area contributed by atoms with Gasteiger partial charge in [0.05, 0.1) is 16.9 Å². The zero-order valence-electron chi connectivity index (χ0n) is 16.6. The van der Waals surface area contributed by atoms with Crippen molar-refractivity contribution >= 4 is 40.9 Å². The van der Waals surface area contributed by atoms with Gasteiger partial charge in [-0.2, -0.15) is 0 Å². The van der Waals surface area contributed by atoms with E-state index in [1.165, 1.54) is 11.3 Å². The lowest BCUT2D eigenvalue weighted by Gasteiger charge is -2.43. The van der Waals surface area contributed by atoms with Gasteiger partial charge < -0.3 is 10.1 Å². The van der Waals surface area contributed by atoms with Gasteiger partial charge in [0.15, 0.2) is 0 Å². The van der Waals surface area contributed by atoms with E-state index in [0.717, 1.165) is 32.4 Å². The lowest BCUT2D eigenvalue weighted by Crippen LogP contribution is -2.42. The smallest absolute Gasteiger partial charge is 0.323 e. The molecule has 160 valence electrons. The summed E-state index contributed by atoms with van der Waals surface area (Å²) in [7, 11) is 0. The summed E-state index contributed by atoms with van der Waals surface area (Å²) in [6.07, 6.45) is 0.803. The van der Waals surface area contributed by atoms with Crippen LogP contribution in [-0.4, -0.2) is 44.6 Å². The number of H-pyrrole nitrogens is 1. The molecule has 2 bridgehead atoms. The first-order valence-electron chi connectivity index (χ1n) is 10.4. The molecular formula is C22H20N2O5S2. The Hall–Kier alpha value is -2.39. The van der Waals surface area contributed by atoms with Gasteiger partial charge in [-0.25, -0.2) is 0 Å². The van der Waals surface area contributed by atoms with Crippen LogP contribution in [0.15, 0.2) is 34.1 Å². The van der Waals surface area contributed by atoms with Crippen LogP contribution in [0.3, 0.4) is 0 Å². The molecule has 2 aliphatic heterocycles. The maximum atomic E-state index is 13.1. The van der Waals surface area contributed by atoms with Crippen molar-refractivity contribution < 1.29 is 19.5 Å². The molecule has 1 aromatic carbocycles. The average Bonchev–Trinajstić information content (AvgIpc) is 3.44. The zero-order valence-corrected chi connectivity index (χ0v) is 18.2. The topological polar surface area (TPSA) is 108 Å². The molecule has 1 saturated heterocycles. The first-order valence-corrected chi connectivity index (χ1v) is 12.1. The number of nitrogens with zero attached hydrogens (tertiary/aromatic N) is 1. The predicted molar refractivity (Wildman–Crippen MR) is 114 cm³/mol. The number of thioether (sulfide) groups is 1. The molecular weight excluding hydrogens is 436 g/mol. The van der Waals surface area contributed by atoms with Crippen molar-refractivity contribution in [2.75, 3.05) is 6.54 Å². The fourth-order valence-corrected chi connectivity index (χ4v) is 9.53. The number of aliphatic carboxylic acids is 1. The first kappa shape index (κ1) is 19.3. The van der Waals surface area contributed by atoms with Crippen molar-refractivity contribution in [1.29, 1.82) is 0 Å². The molecule has 4 aliphatic rings. The molecule has 2 aromatic rings. The Balaban J connectivity index is 1.47. The predicted octanol–water partition coefficient (Wildman–Crippen LogP) is 2.30. The number of amides is 2. The minimum Gasteiger partial charge on any atom is -0.480 e. The first-order chi connectivity index (χ1) is 14.9. The molecule has 0 spiro atoms. The van der Waals surface area contributed by atoms with Crippen LogP contribution in [-0.2, 0) is 14.4 Å². The Morgan fingerprint density at radius 2 is 1.87 bits per heavy atom. The van der Waals surface area contributed by atoms with Crippen LogP contribution in [0, 0.1) is 36.5 Å². The SMILES string of the molecule is Cc1ccccc1[C@H]1c2sc(=O)[nH]c2SC2C3CC(C4C(=O)N(CC(=O)O)C(=O)C34)C21. The Kier molecular flexibility index (Phi) is 4.08. The monoisotopic (exact) mass is 456 g/mol. The lowest BCUT2D eigenvalue weighted by molar-refractivity contribution is -0.149. The van der Waals surface area contributed by atoms with Crippen LogP contribution in [0.5, 0.6) is 0 Å². The summed E-state index contributed by atoms with van der Waals surface area (Å²) >= 11 is 2.88. The lowest BCUT2D eigenvalue weighted by atomic mass is 9.67. The molecule has 7 nitrogen and oxygen atoms in total. The van der Waals surface area contributed by atoms with Gasteiger partial charge in [-0.05, 0) is 42.2 Å². The maximum absolute atomic E-state index is 13.1. The molecule has 2 aliphatic carbocycles. The summed E-state index contributed by atoms with van der Waals surface area (Å²) in [4.78, 5) is 54.5.